The van der Waals surface area contributed by atoms with Crippen molar-refractivity contribution in [3.63, 3.8) is 0 Å². The van der Waals surface area contributed by atoms with E-state index in [1.165, 1.54) is 31.4 Å². The van der Waals surface area contributed by atoms with Crippen molar-refractivity contribution in [2.45, 2.75) is 37.6 Å². The molecule has 2 heterocycles. The maximum Gasteiger partial charge on any atom is 0.145 e. The first-order valence-corrected chi connectivity index (χ1v) is 4.64. The van der Waals surface area contributed by atoms with Gasteiger partial charge in [-0.3, -0.25) is 4.68 Å². The van der Waals surface area contributed by atoms with Crippen LogP contribution in [0.25, 0.3) is 0 Å². The van der Waals surface area contributed by atoms with E-state index in [-0.39, 0.29) is 0 Å². The predicted octanol–water partition coefficient (Wildman–Crippen LogP) is 1.29. The molecule has 1 aliphatic heterocycles. The molecule has 0 radical (unpaired) electrons. The van der Waals surface area contributed by atoms with Crippen LogP contribution in [0.4, 0.5) is 5.82 Å². The molecule has 0 bridgehead atoms. The van der Waals surface area contributed by atoms with Crippen molar-refractivity contribution >= 4 is 5.82 Å². The minimum Gasteiger partial charge on any atom is -0.382 e. The SMILES string of the molecule is Nc1cc2n(n1)CCC21CCC1. The van der Waals surface area contributed by atoms with E-state index >= 15 is 0 Å². The molecule has 0 atom stereocenters. The van der Waals surface area contributed by atoms with Gasteiger partial charge < -0.3 is 5.73 Å². The highest BCUT2D eigenvalue weighted by molar-refractivity contribution is 5.36. The molecule has 3 nitrogen and oxygen atoms in total. The van der Waals surface area contributed by atoms with Crippen molar-refractivity contribution in [3.05, 3.63) is 11.8 Å². The molecule has 1 saturated carbocycles. The summed E-state index contributed by atoms with van der Waals surface area (Å²) in [5.41, 5.74) is 7.54. The molecule has 1 fully saturated rings. The average molecular weight is 163 g/mol. The summed E-state index contributed by atoms with van der Waals surface area (Å²) >= 11 is 0. The molecule has 1 spiro atoms. The van der Waals surface area contributed by atoms with Crippen molar-refractivity contribution in [2.24, 2.45) is 0 Å². The number of fused-ring (bicyclic) bond motifs is 2. The Bertz CT molecular complexity index is 323. The first-order chi connectivity index (χ1) is 5.80. The molecule has 1 aromatic rings. The fourth-order valence-electron chi connectivity index (χ4n) is 2.59. The molecule has 3 rings (SSSR count). The van der Waals surface area contributed by atoms with E-state index in [0.29, 0.717) is 11.2 Å². The number of hydrogen-bond donors (Lipinski definition) is 1. The number of nitrogens with two attached hydrogens (primary N) is 1. The Morgan fingerprint density at radius 3 is 2.92 bits per heavy atom. The zero-order chi connectivity index (χ0) is 8.18. The van der Waals surface area contributed by atoms with Crippen LogP contribution in [0.3, 0.4) is 0 Å². The van der Waals surface area contributed by atoms with E-state index in [0.717, 1.165) is 6.54 Å². The van der Waals surface area contributed by atoms with Crippen LogP contribution in [-0.4, -0.2) is 9.78 Å². The Morgan fingerprint density at radius 2 is 2.25 bits per heavy atom. The molecule has 2 aliphatic rings. The van der Waals surface area contributed by atoms with Crippen molar-refractivity contribution in [2.75, 3.05) is 5.73 Å². The molecular weight excluding hydrogens is 150 g/mol. The topological polar surface area (TPSA) is 43.8 Å². The second-order valence-corrected chi connectivity index (χ2v) is 4.06. The van der Waals surface area contributed by atoms with Gasteiger partial charge >= 0.3 is 0 Å². The Balaban J connectivity index is 2.12. The summed E-state index contributed by atoms with van der Waals surface area (Å²) in [6.07, 6.45) is 5.36. The maximum absolute atomic E-state index is 5.66. The third-order valence-corrected chi connectivity index (χ3v) is 3.46. The largest absolute Gasteiger partial charge is 0.382 e. The summed E-state index contributed by atoms with van der Waals surface area (Å²) in [4.78, 5) is 0. The fraction of sp³-hybridized carbons (Fsp3) is 0.667. The number of anilines is 1. The van der Waals surface area contributed by atoms with Gasteiger partial charge in [0.05, 0.1) is 0 Å². The van der Waals surface area contributed by atoms with E-state index in [2.05, 4.69) is 15.8 Å². The summed E-state index contributed by atoms with van der Waals surface area (Å²) in [5.74, 6) is 0.691. The summed E-state index contributed by atoms with van der Waals surface area (Å²) < 4.78 is 2.09. The minimum absolute atomic E-state index is 0.491. The normalized spacial score (nSPS) is 24.0. The second kappa shape index (κ2) is 1.84. The van der Waals surface area contributed by atoms with Crippen molar-refractivity contribution in [3.8, 4) is 0 Å². The lowest BCUT2D eigenvalue weighted by atomic mass is 9.66. The van der Waals surface area contributed by atoms with E-state index in [1.807, 2.05) is 0 Å². The predicted molar refractivity (Wildman–Crippen MR) is 46.8 cm³/mol. The maximum atomic E-state index is 5.66. The van der Waals surface area contributed by atoms with Crippen molar-refractivity contribution in [1.82, 2.24) is 9.78 Å². The molecule has 64 valence electrons. The molecule has 0 amide bonds. The molecule has 1 aromatic heterocycles. The van der Waals surface area contributed by atoms with Crippen LogP contribution in [-0.2, 0) is 12.0 Å². The smallest absolute Gasteiger partial charge is 0.145 e. The van der Waals surface area contributed by atoms with Crippen LogP contribution in [0.15, 0.2) is 6.07 Å². The van der Waals surface area contributed by atoms with Crippen LogP contribution in [0.2, 0.25) is 0 Å². The van der Waals surface area contributed by atoms with Crippen LogP contribution in [0.1, 0.15) is 31.4 Å². The fourth-order valence-corrected chi connectivity index (χ4v) is 2.59. The molecule has 3 heteroatoms. The first-order valence-electron chi connectivity index (χ1n) is 4.64. The minimum atomic E-state index is 0.491. The highest BCUT2D eigenvalue weighted by atomic mass is 15.3. The summed E-state index contributed by atoms with van der Waals surface area (Å²) in [6.45, 7) is 1.08. The van der Waals surface area contributed by atoms with Gasteiger partial charge in [-0.2, -0.15) is 5.10 Å². The third kappa shape index (κ3) is 0.601. The monoisotopic (exact) mass is 163 g/mol. The Labute approximate surface area is 71.6 Å². The molecule has 12 heavy (non-hydrogen) atoms. The lowest BCUT2D eigenvalue weighted by molar-refractivity contribution is 0.244. The number of aryl methyl sites for hydroxylation is 1. The highest BCUT2D eigenvalue weighted by Gasteiger charge is 2.44. The number of rotatable bonds is 0. The molecule has 0 aromatic carbocycles. The Kier molecular flexibility index (Phi) is 1.000. The lowest BCUT2D eigenvalue weighted by Gasteiger charge is -2.37. The zero-order valence-corrected chi connectivity index (χ0v) is 7.08. The molecular formula is C9H13N3. The van der Waals surface area contributed by atoms with Gasteiger partial charge in [0.1, 0.15) is 5.82 Å². The number of nitrogen functional groups attached to an aromatic ring is 1. The van der Waals surface area contributed by atoms with E-state index < -0.39 is 0 Å². The molecule has 0 unspecified atom stereocenters. The van der Waals surface area contributed by atoms with Gasteiger partial charge in [0.15, 0.2) is 0 Å². The number of nitrogens with zero attached hydrogens (tertiary/aromatic N) is 2. The standard InChI is InChI=1S/C9H13N3/c10-8-6-7-9(2-1-3-9)4-5-12(7)11-8/h6H,1-5H2,(H2,10,11). The van der Waals surface area contributed by atoms with Gasteiger partial charge in [-0.15, -0.1) is 0 Å². The van der Waals surface area contributed by atoms with Crippen molar-refractivity contribution in [1.29, 1.82) is 0 Å². The highest BCUT2D eigenvalue weighted by Crippen LogP contribution is 2.50. The van der Waals surface area contributed by atoms with Crippen LogP contribution in [0, 0.1) is 0 Å². The lowest BCUT2D eigenvalue weighted by Crippen LogP contribution is -2.31. The molecule has 1 aliphatic carbocycles. The second-order valence-electron chi connectivity index (χ2n) is 4.06. The third-order valence-electron chi connectivity index (χ3n) is 3.46. The van der Waals surface area contributed by atoms with Gasteiger partial charge in [-0.1, -0.05) is 6.42 Å². The van der Waals surface area contributed by atoms with Gasteiger partial charge in [0.25, 0.3) is 0 Å². The van der Waals surface area contributed by atoms with Gasteiger partial charge in [-0.25, -0.2) is 0 Å². The van der Waals surface area contributed by atoms with E-state index in [9.17, 15) is 0 Å². The van der Waals surface area contributed by atoms with E-state index in [1.54, 1.807) is 0 Å². The van der Waals surface area contributed by atoms with Crippen LogP contribution >= 0.6 is 0 Å². The zero-order valence-electron chi connectivity index (χ0n) is 7.08. The Hall–Kier alpha value is -0.990. The molecule has 0 saturated heterocycles. The summed E-state index contributed by atoms with van der Waals surface area (Å²) in [6, 6.07) is 2.06. The summed E-state index contributed by atoms with van der Waals surface area (Å²) in [5, 5.41) is 4.26. The quantitative estimate of drug-likeness (QED) is 0.626. The summed E-state index contributed by atoms with van der Waals surface area (Å²) in [7, 11) is 0. The van der Waals surface area contributed by atoms with Crippen LogP contribution < -0.4 is 5.73 Å². The average Bonchev–Trinajstić information content (AvgIpc) is 2.41. The van der Waals surface area contributed by atoms with Crippen LogP contribution in [0.5, 0.6) is 0 Å². The van der Waals surface area contributed by atoms with Gasteiger partial charge in [0.2, 0.25) is 0 Å². The number of hydrogen-bond acceptors (Lipinski definition) is 2. The van der Waals surface area contributed by atoms with Crippen molar-refractivity contribution < 1.29 is 0 Å². The number of aromatic nitrogens is 2. The van der Waals surface area contributed by atoms with E-state index in [4.69, 9.17) is 5.73 Å². The molecule has 2 N–H and O–H groups in total. The van der Waals surface area contributed by atoms with Gasteiger partial charge in [0, 0.05) is 23.7 Å². The Morgan fingerprint density at radius 1 is 1.42 bits per heavy atom. The first kappa shape index (κ1) is 6.52. The van der Waals surface area contributed by atoms with Gasteiger partial charge in [-0.05, 0) is 19.3 Å².